The van der Waals surface area contributed by atoms with Crippen LogP contribution in [0.1, 0.15) is 12.0 Å². The Morgan fingerprint density at radius 3 is 3.00 bits per heavy atom. The standard InChI is InChI=1S/C11H13ClN2/c12-9-3-1-2-8-10(9)14-7-11(8)4-5-13-6-11/h1-3,13-14H,4-7H2. The van der Waals surface area contributed by atoms with Gasteiger partial charge < -0.3 is 10.6 Å². The molecule has 1 fully saturated rings. The van der Waals surface area contributed by atoms with Crippen molar-refractivity contribution in [2.45, 2.75) is 11.8 Å². The molecule has 0 aliphatic carbocycles. The molecule has 3 heteroatoms. The van der Waals surface area contributed by atoms with Gasteiger partial charge in [0.1, 0.15) is 0 Å². The van der Waals surface area contributed by atoms with Gasteiger partial charge in [-0.25, -0.2) is 0 Å². The molecule has 1 spiro atoms. The van der Waals surface area contributed by atoms with Crippen molar-refractivity contribution in [3.05, 3.63) is 28.8 Å². The van der Waals surface area contributed by atoms with Gasteiger partial charge in [0.25, 0.3) is 0 Å². The van der Waals surface area contributed by atoms with Crippen molar-refractivity contribution in [1.29, 1.82) is 0 Å². The molecule has 0 aromatic heterocycles. The van der Waals surface area contributed by atoms with E-state index in [1.807, 2.05) is 12.1 Å². The SMILES string of the molecule is Clc1cccc2c1NCC21CCNC1. The number of nitrogens with one attached hydrogen (secondary N) is 2. The Morgan fingerprint density at radius 1 is 1.29 bits per heavy atom. The quantitative estimate of drug-likeness (QED) is 0.682. The van der Waals surface area contributed by atoms with Crippen LogP contribution >= 0.6 is 11.6 Å². The van der Waals surface area contributed by atoms with E-state index >= 15 is 0 Å². The van der Waals surface area contributed by atoms with Crippen LogP contribution in [0.3, 0.4) is 0 Å². The van der Waals surface area contributed by atoms with Gasteiger partial charge >= 0.3 is 0 Å². The van der Waals surface area contributed by atoms with Crippen LogP contribution in [0.5, 0.6) is 0 Å². The molecule has 3 rings (SSSR count). The molecule has 2 aliphatic heterocycles. The Bertz CT molecular complexity index is 370. The zero-order valence-electron chi connectivity index (χ0n) is 7.94. The van der Waals surface area contributed by atoms with E-state index in [0.717, 1.165) is 30.3 Å². The minimum absolute atomic E-state index is 0.306. The van der Waals surface area contributed by atoms with Crippen molar-refractivity contribution in [3.8, 4) is 0 Å². The Balaban J connectivity index is 2.14. The summed E-state index contributed by atoms with van der Waals surface area (Å²) in [4.78, 5) is 0. The van der Waals surface area contributed by atoms with Gasteiger partial charge in [-0.3, -0.25) is 0 Å². The average molecular weight is 209 g/mol. The number of hydrogen-bond acceptors (Lipinski definition) is 2. The van der Waals surface area contributed by atoms with Crippen molar-refractivity contribution in [1.82, 2.24) is 5.32 Å². The molecule has 1 aromatic carbocycles. The summed E-state index contributed by atoms with van der Waals surface area (Å²) in [7, 11) is 0. The van der Waals surface area contributed by atoms with Crippen LogP contribution in [0.2, 0.25) is 5.02 Å². The molecular formula is C11H13ClN2. The second kappa shape index (κ2) is 2.88. The fourth-order valence-corrected chi connectivity index (χ4v) is 2.86. The first-order chi connectivity index (χ1) is 6.82. The zero-order chi connectivity index (χ0) is 9.60. The van der Waals surface area contributed by atoms with Gasteiger partial charge in [0.05, 0.1) is 10.7 Å². The van der Waals surface area contributed by atoms with Crippen LogP contribution < -0.4 is 10.6 Å². The van der Waals surface area contributed by atoms with Gasteiger partial charge in [-0.2, -0.15) is 0 Å². The van der Waals surface area contributed by atoms with E-state index in [2.05, 4.69) is 16.7 Å². The van der Waals surface area contributed by atoms with E-state index in [1.165, 1.54) is 12.0 Å². The molecule has 2 heterocycles. The predicted octanol–water partition coefficient (Wildman–Crippen LogP) is 2.00. The maximum Gasteiger partial charge on any atom is 0.0640 e. The molecular weight excluding hydrogens is 196 g/mol. The average Bonchev–Trinajstić information content (AvgIpc) is 2.78. The second-order valence-electron chi connectivity index (χ2n) is 4.22. The van der Waals surface area contributed by atoms with Gasteiger partial charge in [-0.15, -0.1) is 0 Å². The van der Waals surface area contributed by atoms with Gasteiger partial charge in [0.15, 0.2) is 0 Å². The highest BCUT2D eigenvalue weighted by molar-refractivity contribution is 6.33. The fraction of sp³-hybridized carbons (Fsp3) is 0.455. The normalized spacial score (nSPS) is 29.2. The molecule has 1 unspecified atom stereocenters. The fourth-order valence-electron chi connectivity index (χ4n) is 2.62. The van der Waals surface area contributed by atoms with Crippen LogP contribution in [0.4, 0.5) is 5.69 Å². The van der Waals surface area contributed by atoms with E-state index in [9.17, 15) is 0 Å². The summed E-state index contributed by atoms with van der Waals surface area (Å²) in [6.45, 7) is 3.22. The van der Waals surface area contributed by atoms with Crippen LogP contribution in [-0.4, -0.2) is 19.6 Å². The van der Waals surface area contributed by atoms with Crippen LogP contribution in [0, 0.1) is 0 Å². The molecule has 14 heavy (non-hydrogen) atoms. The van der Waals surface area contributed by atoms with E-state index < -0.39 is 0 Å². The number of fused-ring (bicyclic) bond motifs is 2. The molecule has 0 saturated carbocycles. The molecule has 2 aliphatic rings. The highest BCUT2D eigenvalue weighted by Crippen LogP contribution is 2.43. The molecule has 2 N–H and O–H groups in total. The number of halogens is 1. The largest absolute Gasteiger partial charge is 0.383 e. The first-order valence-corrected chi connectivity index (χ1v) is 5.43. The van der Waals surface area contributed by atoms with Crippen molar-refractivity contribution < 1.29 is 0 Å². The smallest absolute Gasteiger partial charge is 0.0640 e. The summed E-state index contributed by atoms with van der Waals surface area (Å²) in [5.41, 5.74) is 2.85. The first kappa shape index (κ1) is 8.57. The topological polar surface area (TPSA) is 24.1 Å². The lowest BCUT2D eigenvalue weighted by molar-refractivity contribution is 0.522. The lowest BCUT2D eigenvalue weighted by atomic mass is 9.82. The maximum absolute atomic E-state index is 6.15. The monoisotopic (exact) mass is 208 g/mol. The number of benzene rings is 1. The van der Waals surface area contributed by atoms with Crippen LogP contribution in [-0.2, 0) is 5.41 Å². The molecule has 1 saturated heterocycles. The molecule has 2 nitrogen and oxygen atoms in total. The van der Waals surface area contributed by atoms with E-state index in [1.54, 1.807) is 0 Å². The maximum atomic E-state index is 6.15. The van der Waals surface area contributed by atoms with Gasteiger partial charge in [-0.05, 0) is 24.6 Å². The van der Waals surface area contributed by atoms with Gasteiger partial charge in [0, 0.05) is 18.5 Å². The number of anilines is 1. The third-order valence-corrected chi connectivity index (χ3v) is 3.75. The van der Waals surface area contributed by atoms with E-state index in [4.69, 9.17) is 11.6 Å². The molecule has 0 amide bonds. The Kier molecular flexibility index (Phi) is 1.76. The number of rotatable bonds is 0. The summed E-state index contributed by atoms with van der Waals surface area (Å²) in [5.74, 6) is 0. The number of para-hydroxylation sites is 1. The van der Waals surface area contributed by atoms with Gasteiger partial charge in [0.2, 0.25) is 0 Å². The predicted molar refractivity (Wildman–Crippen MR) is 59.1 cm³/mol. The molecule has 0 radical (unpaired) electrons. The first-order valence-electron chi connectivity index (χ1n) is 5.05. The third kappa shape index (κ3) is 1.01. The van der Waals surface area contributed by atoms with E-state index in [0.29, 0.717) is 5.41 Å². The lowest BCUT2D eigenvalue weighted by Gasteiger charge is -2.21. The number of hydrogen-bond donors (Lipinski definition) is 2. The van der Waals surface area contributed by atoms with Crippen molar-refractivity contribution in [2.75, 3.05) is 25.0 Å². The summed E-state index contributed by atoms with van der Waals surface area (Å²) in [6, 6.07) is 6.21. The summed E-state index contributed by atoms with van der Waals surface area (Å²) in [5, 5.41) is 7.71. The molecule has 0 bridgehead atoms. The summed E-state index contributed by atoms with van der Waals surface area (Å²) < 4.78 is 0. The van der Waals surface area contributed by atoms with E-state index in [-0.39, 0.29) is 0 Å². The zero-order valence-corrected chi connectivity index (χ0v) is 8.69. The Hall–Kier alpha value is -0.730. The Labute approximate surface area is 88.6 Å². The lowest BCUT2D eigenvalue weighted by Crippen LogP contribution is -2.30. The molecule has 74 valence electrons. The minimum Gasteiger partial charge on any atom is -0.383 e. The van der Waals surface area contributed by atoms with Gasteiger partial charge in [-0.1, -0.05) is 23.7 Å². The second-order valence-corrected chi connectivity index (χ2v) is 4.63. The Morgan fingerprint density at radius 2 is 2.21 bits per heavy atom. The summed E-state index contributed by atoms with van der Waals surface area (Å²) in [6.07, 6.45) is 1.22. The molecule has 1 aromatic rings. The highest BCUT2D eigenvalue weighted by atomic mass is 35.5. The van der Waals surface area contributed by atoms with Crippen molar-refractivity contribution in [2.24, 2.45) is 0 Å². The highest BCUT2D eigenvalue weighted by Gasteiger charge is 2.41. The third-order valence-electron chi connectivity index (χ3n) is 3.43. The van der Waals surface area contributed by atoms with Crippen LogP contribution in [0.15, 0.2) is 18.2 Å². The summed E-state index contributed by atoms with van der Waals surface area (Å²) >= 11 is 6.15. The van der Waals surface area contributed by atoms with Crippen LogP contribution in [0.25, 0.3) is 0 Å². The minimum atomic E-state index is 0.306. The van der Waals surface area contributed by atoms with Crippen molar-refractivity contribution in [3.63, 3.8) is 0 Å². The molecule has 1 atom stereocenters. The van der Waals surface area contributed by atoms with Crippen molar-refractivity contribution >= 4 is 17.3 Å².